The molecule has 0 amide bonds. The van der Waals surface area contributed by atoms with Crippen LogP contribution in [0.2, 0.25) is 0 Å². The maximum atomic E-state index is 4.91. The summed E-state index contributed by atoms with van der Waals surface area (Å²) in [5.74, 6) is 0. The molecule has 2 nitrogen and oxygen atoms in total. The Labute approximate surface area is 129 Å². The number of nitrogens with one attached hydrogen (secondary N) is 1. The lowest BCUT2D eigenvalue weighted by atomic mass is 9.89. The number of hydrogen-bond donors (Lipinski definition) is 1. The van der Waals surface area contributed by atoms with Crippen LogP contribution in [0.3, 0.4) is 0 Å². The van der Waals surface area contributed by atoms with Gasteiger partial charge in [-0.05, 0) is 61.7 Å². The zero-order chi connectivity index (χ0) is 15.6. The van der Waals surface area contributed by atoms with Gasteiger partial charge in [-0.15, -0.1) is 0 Å². The maximum Gasteiger partial charge on any atom is 0.0711 e. The van der Waals surface area contributed by atoms with E-state index in [4.69, 9.17) is 4.98 Å². The van der Waals surface area contributed by atoms with Crippen LogP contribution in [0.4, 0.5) is 0 Å². The summed E-state index contributed by atoms with van der Waals surface area (Å²) in [4.78, 5) is 4.91. The Bertz CT molecular complexity index is 636. The number of aryl methyl sites for hydroxylation is 2. The van der Waals surface area contributed by atoms with Crippen LogP contribution in [0.25, 0.3) is 10.9 Å². The SMILES string of the molecule is CCCNCc1cc(C(C)(C)C)nc2cc(C)c(C)cc12. The first-order valence-corrected chi connectivity index (χ1v) is 7.95. The lowest BCUT2D eigenvalue weighted by Gasteiger charge is -2.21. The maximum absolute atomic E-state index is 4.91. The van der Waals surface area contributed by atoms with Crippen LogP contribution >= 0.6 is 0 Å². The number of fused-ring (bicyclic) bond motifs is 1. The Balaban J connectivity index is 2.58. The Morgan fingerprint density at radius 2 is 1.71 bits per heavy atom. The molecule has 0 aliphatic rings. The topological polar surface area (TPSA) is 24.9 Å². The Morgan fingerprint density at radius 1 is 1.05 bits per heavy atom. The van der Waals surface area contributed by atoms with E-state index in [1.165, 1.54) is 27.8 Å². The van der Waals surface area contributed by atoms with Gasteiger partial charge in [0.15, 0.2) is 0 Å². The van der Waals surface area contributed by atoms with Crippen molar-refractivity contribution in [1.82, 2.24) is 10.3 Å². The van der Waals surface area contributed by atoms with Crippen molar-refractivity contribution in [2.24, 2.45) is 0 Å². The van der Waals surface area contributed by atoms with E-state index in [0.717, 1.165) is 25.0 Å². The summed E-state index contributed by atoms with van der Waals surface area (Å²) in [6.07, 6.45) is 1.16. The molecule has 2 heteroatoms. The molecule has 1 aromatic heterocycles. The summed E-state index contributed by atoms with van der Waals surface area (Å²) in [5, 5.41) is 4.82. The zero-order valence-corrected chi connectivity index (χ0v) is 14.3. The van der Waals surface area contributed by atoms with E-state index >= 15 is 0 Å². The number of rotatable bonds is 4. The van der Waals surface area contributed by atoms with Gasteiger partial charge in [0.05, 0.1) is 5.52 Å². The van der Waals surface area contributed by atoms with Gasteiger partial charge in [0.25, 0.3) is 0 Å². The van der Waals surface area contributed by atoms with E-state index in [2.05, 4.69) is 65.1 Å². The number of pyridine rings is 1. The van der Waals surface area contributed by atoms with Gasteiger partial charge in [0.1, 0.15) is 0 Å². The Morgan fingerprint density at radius 3 is 2.33 bits per heavy atom. The second-order valence-corrected chi connectivity index (χ2v) is 7.05. The Kier molecular flexibility index (Phi) is 4.67. The molecule has 1 N–H and O–H groups in total. The molecule has 0 saturated heterocycles. The average molecular weight is 284 g/mol. The third-order valence-corrected chi connectivity index (χ3v) is 4.02. The van der Waals surface area contributed by atoms with E-state index in [9.17, 15) is 0 Å². The molecule has 1 aromatic carbocycles. The predicted octanol–water partition coefficient (Wildman–Crippen LogP) is 4.65. The fourth-order valence-corrected chi connectivity index (χ4v) is 2.49. The molecule has 114 valence electrons. The van der Waals surface area contributed by atoms with Crippen molar-refractivity contribution in [3.8, 4) is 0 Å². The summed E-state index contributed by atoms with van der Waals surface area (Å²) in [6, 6.07) is 6.79. The minimum atomic E-state index is 0.0759. The second-order valence-electron chi connectivity index (χ2n) is 7.05. The van der Waals surface area contributed by atoms with Crippen molar-refractivity contribution in [2.75, 3.05) is 6.54 Å². The number of nitrogens with zero attached hydrogens (tertiary/aromatic N) is 1. The van der Waals surface area contributed by atoms with Crippen LogP contribution in [-0.4, -0.2) is 11.5 Å². The smallest absolute Gasteiger partial charge is 0.0711 e. The molecule has 0 spiro atoms. The van der Waals surface area contributed by atoms with Crippen LogP contribution in [0.1, 0.15) is 56.5 Å². The highest BCUT2D eigenvalue weighted by Gasteiger charge is 2.18. The second kappa shape index (κ2) is 6.15. The van der Waals surface area contributed by atoms with Crippen LogP contribution in [0.15, 0.2) is 18.2 Å². The van der Waals surface area contributed by atoms with Gasteiger partial charge in [-0.2, -0.15) is 0 Å². The summed E-state index contributed by atoms with van der Waals surface area (Å²) >= 11 is 0. The Hall–Kier alpha value is -1.41. The molecule has 1 heterocycles. The number of aromatic nitrogens is 1. The lowest BCUT2D eigenvalue weighted by molar-refractivity contribution is 0.569. The third-order valence-electron chi connectivity index (χ3n) is 4.02. The van der Waals surface area contributed by atoms with Crippen molar-refractivity contribution in [1.29, 1.82) is 0 Å². The van der Waals surface area contributed by atoms with Crippen molar-refractivity contribution in [3.63, 3.8) is 0 Å². The largest absolute Gasteiger partial charge is 0.313 e. The quantitative estimate of drug-likeness (QED) is 0.827. The van der Waals surface area contributed by atoms with Crippen molar-refractivity contribution < 1.29 is 0 Å². The van der Waals surface area contributed by atoms with Crippen molar-refractivity contribution >= 4 is 10.9 Å². The van der Waals surface area contributed by atoms with Gasteiger partial charge in [-0.25, -0.2) is 0 Å². The monoisotopic (exact) mass is 284 g/mol. The molecule has 0 aliphatic heterocycles. The van der Waals surface area contributed by atoms with E-state index in [1.54, 1.807) is 0 Å². The van der Waals surface area contributed by atoms with E-state index in [1.807, 2.05) is 0 Å². The number of hydrogen-bond acceptors (Lipinski definition) is 2. The summed E-state index contributed by atoms with van der Waals surface area (Å²) in [5.41, 5.74) is 6.39. The number of benzene rings is 1. The van der Waals surface area contributed by atoms with Gasteiger partial charge >= 0.3 is 0 Å². The van der Waals surface area contributed by atoms with Crippen LogP contribution < -0.4 is 5.32 Å². The highest BCUT2D eigenvalue weighted by atomic mass is 14.8. The average Bonchev–Trinajstić information content (AvgIpc) is 2.39. The van der Waals surface area contributed by atoms with Crippen LogP contribution in [-0.2, 0) is 12.0 Å². The third kappa shape index (κ3) is 3.62. The van der Waals surface area contributed by atoms with Gasteiger partial charge in [0.2, 0.25) is 0 Å². The fourth-order valence-electron chi connectivity index (χ4n) is 2.49. The fraction of sp³-hybridized carbons (Fsp3) is 0.526. The molecular weight excluding hydrogens is 256 g/mol. The molecule has 0 aliphatic carbocycles. The molecule has 0 unspecified atom stereocenters. The minimum Gasteiger partial charge on any atom is -0.313 e. The summed E-state index contributed by atoms with van der Waals surface area (Å²) in [7, 11) is 0. The molecule has 21 heavy (non-hydrogen) atoms. The van der Waals surface area contributed by atoms with E-state index < -0.39 is 0 Å². The normalized spacial score (nSPS) is 12.1. The molecule has 2 rings (SSSR count). The first-order chi connectivity index (χ1) is 9.82. The summed E-state index contributed by atoms with van der Waals surface area (Å²) in [6.45, 7) is 15.2. The first-order valence-electron chi connectivity index (χ1n) is 7.95. The molecule has 0 radical (unpaired) electrons. The van der Waals surface area contributed by atoms with Gasteiger partial charge in [-0.1, -0.05) is 27.7 Å². The standard InChI is InChI=1S/C19H28N2/c1-7-8-20-12-15-11-18(19(4,5)6)21-17-10-14(3)13(2)9-16(15)17/h9-11,20H,7-8,12H2,1-6H3. The molecular formula is C19H28N2. The predicted molar refractivity (Wildman–Crippen MR) is 91.9 cm³/mol. The van der Waals surface area contributed by atoms with Crippen molar-refractivity contribution in [2.45, 2.75) is 59.9 Å². The van der Waals surface area contributed by atoms with Crippen molar-refractivity contribution in [3.05, 3.63) is 40.6 Å². The minimum absolute atomic E-state index is 0.0759. The zero-order valence-electron chi connectivity index (χ0n) is 14.3. The molecule has 2 aromatic rings. The van der Waals surface area contributed by atoms with Crippen LogP contribution in [0.5, 0.6) is 0 Å². The van der Waals surface area contributed by atoms with Gasteiger partial charge < -0.3 is 5.32 Å². The van der Waals surface area contributed by atoms with Crippen LogP contribution in [0, 0.1) is 13.8 Å². The lowest BCUT2D eigenvalue weighted by Crippen LogP contribution is -2.18. The highest BCUT2D eigenvalue weighted by Crippen LogP contribution is 2.28. The molecule has 0 bridgehead atoms. The highest BCUT2D eigenvalue weighted by molar-refractivity contribution is 5.84. The van der Waals surface area contributed by atoms with E-state index in [-0.39, 0.29) is 5.41 Å². The first kappa shape index (κ1) is 16.0. The molecule has 0 saturated carbocycles. The van der Waals surface area contributed by atoms with Gasteiger partial charge in [-0.3, -0.25) is 4.98 Å². The molecule has 0 fully saturated rings. The van der Waals surface area contributed by atoms with E-state index in [0.29, 0.717) is 0 Å². The summed E-state index contributed by atoms with van der Waals surface area (Å²) < 4.78 is 0. The van der Waals surface area contributed by atoms with Gasteiger partial charge in [0, 0.05) is 23.0 Å². The molecule has 0 atom stereocenters.